The highest BCUT2D eigenvalue weighted by atomic mass is 16.7. The van der Waals surface area contributed by atoms with E-state index >= 15 is 0 Å². The Bertz CT molecular complexity index is 779. The second-order valence-electron chi connectivity index (χ2n) is 4.42. The van der Waals surface area contributed by atoms with E-state index in [1.165, 1.54) is 24.4 Å². The van der Waals surface area contributed by atoms with Gasteiger partial charge in [-0.15, -0.1) is 0 Å². The number of carbonyl (C=O) groups is 2. The first-order valence-electron chi connectivity index (χ1n) is 6.32. The normalized spacial score (nSPS) is 11.8. The summed E-state index contributed by atoms with van der Waals surface area (Å²) in [4.78, 5) is 37.0. The summed E-state index contributed by atoms with van der Waals surface area (Å²) in [5, 5.41) is 0. The number of amides is 2. The second-order valence-corrected chi connectivity index (χ2v) is 4.42. The van der Waals surface area contributed by atoms with Gasteiger partial charge in [-0.25, -0.2) is 0 Å². The number of rotatable bonds is 2. The molecule has 0 unspecified atom stereocenters. The molecule has 0 radical (unpaired) electrons. The zero-order valence-electron chi connectivity index (χ0n) is 11.2. The SMILES string of the molecule is O=C(NNC(=O)c1ccc2c(c1)OCO2)c1ccc(=O)[nH]c1. The van der Waals surface area contributed by atoms with Crippen molar-refractivity contribution in [2.75, 3.05) is 6.79 Å². The van der Waals surface area contributed by atoms with Crippen molar-refractivity contribution < 1.29 is 19.1 Å². The number of H-pyrrole nitrogens is 1. The molecular formula is C14H11N3O5. The molecule has 8 nitrogen and oxygen atoms in total. The largest absolute Gasteiger partial charge is 0.454 e. The van der Waals surface area contributed by atoms with Gasteiger partial charge in [0, 0.05) is 17.8 Å². The molecule has 0 atom stereocenters. The summed E-state index contributed by atoms with van der Waals surface area (Å²) in [6.45, 7) is 0.114. The Balaban J connectivity index is 1.63. The standard InChI is InChI=1S/C14H11N3O5/c18-12-4-2-9(6-15-12)14(20)17-16-13(19)8-1-3-10-11(5-8)22-7-21-10/h1-6H,7H2,(H,15,18)(H,16,19)(H,17,20). The number of hydrogen-bond acceptors (Lipinski definition) is 5. The van der Waals surface area contributed by atoms with Crippen LogP contribution in [0.2, 0.25) is 0 Å². The third kappa shape index (κ3) is 2.75. The second kappa shape index (κ2) is 5.60. The quantitative estimate of drug-likeness (QED) is 0.685. The molecule has 0 fully saturated rings. The fourth-order valence-electron chi connectivity index (χ4n) is 1.85. The van der Waals surface area contributed by atoms with Crippen LogP contribution in [0.15, 0.2) is 41.3 Å². The molecular weight excluding hydrogens is 290 g/mol. The van der Waals surface area contributed by atoms with Gasteiger partial charge in [0.1, 0.15) is 0 Å². The van der Waals surface area contributed by atoms with Crippen LogP contribution < -0.4 is 25.9 Å². The summed E-state index contributed by atoms with van der Waals surface area (Å²) in [6, 6.07) is 7.25. The van der Waals surface area contributed by atoms with Crippen molar-refractivity contribution in [3.63, 3.8) is 0 Å². The van der Waals surface area contributed by atoms with Crippen molar-refractivity contribution in [1.29, 1.82) is 0 Å². The first kappa shape index (κ1) is 13.7. The maximum atomic E-state index is 12.0. The molecule has 1 aliphatic rings. The third-order valence-corrected chi connectivity index (χ3v) is 2.97. The number of fused-ring (bicyclic) bond motifs is 1. The van der Waals surface area contributed by atoms with Crippen molar-refractivity contribution in [2.24, 2.45) is 0 Å². The van der Waals surface area contributed by atoms with Crippen molar-refractivity contribution in [3.8, 4) is 11.5 Å². The summed E-state index contributed by atoms with van der Waals surface area (Å²) in [5.41, 5.74) is 4.73. The zero-order chi connectivity index (χ0) is 15.5. The van der Waals surface area contributed by atoms with E-state index in [0.717, 1.165) is 0 Å². The molecule has 2 aromatic rings. The van der Waals surface area contributed by atoms with Crippen LogP contribution >= 0.6 is 0 Å². The molecule has 0 saturated carbocycles. The van der Waals surface area contributed by atoms with Gasteiger partial charge in [0.2, 0.25) is 12.4 Å². The lowest BCUT2D eigenvalue weighted by molar-refractivity contribution is 0.0846. The maximum absolute atomic E-state index is 12.0. The first-order chi connectivity index (χ1) is 10.6. The van der Waals surface area contributed by atoms with Crippen LogP contribution in [0.4, 0.5) is 0 Å². The minimum absolute atomic E-state index is 0.114. The van der Waals surface area contributed by atoms with E-state index in [0.29, 0.717) is 17.1 Å². The lowest BCUT2D eigenvalue weighted by Crippen LogP contribution is -2.41. The first-order valence-corrected chi connectivity index (χ1v) is 6.32. The molecule has 1 aliphatic heterocycles. The number of benzene rings is 1. The predicted octanol–water partition coefficient (Wildman–Crippen LogP) is 0.178. The van der Waals surface area contributed by atoms with Crippen molar-refractivity contribution >= 4 is 11.8 Å². The summed E-state index contributed by atoms with van der Waals surface area (Å²) in [5.74, 6) is -0.0187. The number of aromatic amines is 1. The van der Waals surface area contributed by atoms with Gasteiger partial charge >= 0.3 is 0 Å². The highest BCUT2D eigenvalue weighted by Gasteiger charge is 2.16. The summed E-state index contributed by atoms with van der Waals surface area (Å²) < 4.78 is 10.3. The predicted molar refractivity (Wildman–Crippen MR) is 74.6 cm³/mol. The van der Waals surface area contributed by atoms with E-state index in [1.807, 2.05) is 0 Å². The van der Waals surface area contributed by atoms with Gasteiger partial charge in [0.05, 0.1) is 5.56 Å². The summed E-state index contributed by atoms with van der Waals surface area (Å²) in [7, 11) is 0. The molecule has 2 heterocycles. The smallest absolute Gasteiger partial charge is 0.271 e. The van der Waals surface area contributed by atoms with E-state index in [4.69, 9.17) is 9.47 Å². The molecule has 0 aliphatic carbocycles. The van der Waals surface area contributed by atoms with E-state index < -0.39 is 11.8 Å². The Labute approximate surface area is 124 Å². The van der Waals surface area contributed by atoms with Gasteiger partial charge in [-0.1, -0.05) is 0 Å². The molecule has 8 heteroatoms. The number of hydrogen-bond donors (Lipinski definition) is 3. The van der Waals surface area contributed by atoms with Crippen LogP contribution in [-0.4, -0.2) is 23.6 Å². The molecule has 22 heavy (non-hydrogen) atoms. The number of pyridine rings is 1. The van der Waals surface area contributed by atoms with Crippen LogP contribution in [0.1, 0.15) is 20.7 Å². The number of carbonyl (C=O) groups excluding carboxylic acids is 2. The molecule has 0 spiro atoms. The summed E-state index contributed by atoms with van der Waals surface area (Å²) >= 11 is 0. The lowest BCUT2D eigenvalue weighted by Gasteiger charge is -2.07. The molecule has 3 rings (SSSR count). The molecule has 1 aromatic carbocycles. The van der Waals surface area contributed by atoms with E-state index in [9.17, 15) is 14.4 Å². The topological polar surface area (TPSA) is 110 Å². The molecule has 2 amide bonds. The van der Waals surface area contributed by atoms with Crippen LogP contribution in [0.5, 0.6) is 11.5 Å². The van der Waals surface area contributed by atoms with Gasteiger partial charge in [-0.05, 0) is 24.3 Å². The van der Waals surface area contributed by atoms with Crippen LogP contribution in [0.3, 0.4) is 0 Å². The van der Waals surface area contributed by atoms with Crippen LogP contribution in [0.25, 0.3) is 0 Å². The molecule has 0 bridgehead atoms. The fourth-order valence-corrected chi connectivity index (χ4v) is 1.85. The van der Waals surface area contributed by atoms with Gasteiger partial charge < -0.3 is 14.5 Å². The minimum atomic E-state index is -0.551. The van der Waals surface area contributed by atoms with E-state index in [2.05, 4.69) is 15.8 Å². The number of ether oxygens (including phenoxy) is 2. The molecule has 112 valence electrons. The highest BCUT2D eigenvalue weighted by molar-refractivity contribution is 5.99. The molecule has 3 N–H and O–H groups in total. The zero-order valence-corrected chi connectivity index (χ0v) is 11.2. The Hall–Kier alpha value is -3.29. The van der Waals surface area contributed by atoms with Crippen molar-refractivity contribution in [1.82, 2.24) is 15.8 Å². The fraction of sp³-hybridized carbons (Fsp3) is 0.0714. The van der Waals surface area contributed by atoms with Gasteiger partial charge in [-0.2, -0.15) is 0 Å². The Kier molecular flexibility index (Phi) is 3.48. The van der Waals surface area contributed by atoms with Crippen molar-refractivity contribution in [3.05, 3.63) is 58.0 Å². The van der Waals surface area contributed by atoms with Crippen molar-refractivity contribution in [2.45, 2.75) is 0 Å². The number of hydrazine groups is 1. The lowest BCUT2D eigenvalue weighted by atomic mass is 10.2. The maximum Gasteiger partial charge on any atom is 0.271 e. The van der Waals surface area contributed by atoms with Crippen LogP contribution in [0, 0.1) is 0 Å². The van der Waals surface area contributed by atoms with E-state index in [1.54, 1.807) is 12.1 Å². The summed E-state index contributed by atoms with van der Waals surface area (Å²) in [6.07, 6.45) is 1.25. The molecule has 1 aromatic heterocycles. The van der Waals surface area contributed by atoms with Gasteiger partial charge in [0.25, 0.3) is 11.8 Å². The van der Waals surface area contributed by atoms with Crippen LogP contribution in [-0.2, 0) is 0 Å². The highest BCUT2D eigenvalue weighted by Crippen LogP contribution is 2.32. The third-order valence-electron chi connectivity index (χ3n) is 2.97. The molecule has 0 saturated heterocycles. The number of nitrogens with one attached hydrogen (secondary N) is 3. The number of aromatic nitrogens is 1. The Morgan fingerprint density at radius 1 is 0.955 bits per heavy atom. The van der Waals surface area contributed by atoms with E-state index in [-0.39, 0.29) is 17.9 Å². The van der Waals surface area contributed by atoms with Gasteiger partial charge in [-0.3, -0.25) is 25.2 Å². The van der Waals surface area contributed by atoms with Gasteiger partial charge in [0.15, 0.2) is 11.5 Å². The monoisotopic (exact) mass is 301 g/mol. The average Bonchev–Trinajstić information content (AvgIpc) is 3.00. The minimum Gasteiger partial charge on any atom is -0.454 e. The average molecular weight is 301 g/mol. The Morgan fingerprint density at radius 3 is 2.36 bits per heavy atom. The Morgan fingerprint density at radius 2 is 1.64 bits per heavy atom.